The van der Waals surface area contributed by atoms with Crippen LogP contribution in [0.5, 0.6) is 0 Å². The van der Waals surface area contributed by atoms with Crippen LogP contribution in [0.3, 0.4) is 0 Å². The van der Waals surface area contributed by atoms with Crippen LogP contribution in [0.2, 0.25) is 0 Å². The van der Waals surface area contributed by atoms with Crippen molar-refractivity contribution in [1.29, 1.82) is 0 Å². The summed E-state index contributed by atoms with van der Waals surface area (Å²) in [6, 6.07) is 15.4. The molecular formula is C16H13N5O3S2. The van der Waals surface area contributed by atoms with Gasteiger partial charge in [0.25, 0.3) is 5.69 Å². The second-order valence-corrected chi connectivity index (χ2v) is 7.21. The zero-order chi connectivity index (χ0) is 18.4. The summed E-state index contributed by atoms with van der Waals surface area (Å²) < 4.78 is 0.651. The number of nitro benzene ring substituents is 1. The number of para-hydroxylation sites is 1. The monoisotopic (exact) mass is 387 g/mol. The van der Waals surface area contributed by atoms with E-state index in [4.69, 9.17) is 0 Å². The minimum absolute atomic E-state index is 0.0730. The number of hydrogen-bond donors (Lipinski definition) is 2. The first-order chi connectivity index (χ1) is 12.6. The first kappa shape index (κ1) is 17.8. The number of carbonyl (C=O) groups excluding carboxylic acids is 1. The Bertz CT molecular complexity index is 917. The van der Waals surface area contributed by atoms with Gasteiger partial charge in [0, 0.05) is 23.5 Å². The Labute approximate surface area is 156 Å². The minimum Gasteiger partial charge on any atom is -0.330 e. The van der Waals surface area contributed by atoms with E-state index in [9.17, 15) is 14.9 Å². The quantitative estimate of drug-likeness (QED) is 0.359. The third-order valence-corrected chi connectivity index (χ3v) is 5.07. The number of non-ortho nitro benzene ring substituents is 1. The topological polar surface area (TPSA) is 110 Å². The van der Waals surface area contributed by atoms with E-state index in [2.05, 4.69) is 20.8 Å². The van der Waals surface area contributed by atoms with Crippen molar-refractivity contribution >= 4 is 51.2 Å². The van der Waals surface area contributed by atoms with Crippen LogP contribution in [-0.4, -0.2) is 26.8 Å². The van der Waals surface area contributed by atoms with Gasteiger partial charge in [0.1, 0.15) is 0 Å². The Morgan fingerprint density at radius 3 is 2.65 bits per heavy atom. The number of benzene rings is 2. The number of carbonyl (C=O) groups is 1. The molecule has 0 radical (unpaired) electrons. The van der Waals surface area contributed by atoms with Gasteiger partial charge in [-0.3, -0.25) is 14.9 Å². The van der Waals surface area contributed by atoms with Crippen molar-refractivity contribution < 1.29 is 9.72 Å². The van der Waals surface area contributed by atoms with Crippen molar-refractivity contribution in [2.24, 2.45) is 0 Å². The predicted octanol–water partition coefficient (Wildman–Crippen LogP) is 3.92. The summed E-state index contributed by atoms with van der Waals surface area (Å²) in [6.07, 6.45) is 0. The molecule has 0 spiro atoms. The van der Waals surface area contributed by atoms with Crippen LogP contribution in [0, 0.1) is 10.1 Å². The summed E-state index contributed by atoms with van der Waals surface area (Å²) in [7, 11) is 0. The molecule has 26 heavy (non-hydrogen) atoms. The van der Waals surface area contributed by atoms with E-state index < -0.39 is 4.92 Å². The number of hydrogen-bond acceptors (Lipinski definition) is 8. The lowest BCUT2D eigenvalue weighted by Gasteiger charge is -2.03. The first-order valence-corrected chi connectivity index (χ1v) is 9.23. The predicted molar refractivity (Wildman–Crippen MR) is 102 cm³/mol. The molecule has 3 rings (SSSR count). The smallest absolute Gasteiger partial charge is 0.271 e. The maximum atomic E-state index is 12.0. The minimum atomic E-state index is -0.507. The van der Waals surface area contributed by atoms with Gasteiger partial charge in [-0.05, 0) is 18.2 Å². The zero-order valence-corrected chi connectivity index (χ0v) is 14.9. The summed E-state index contributed by atoms with van der Waals surface area (Å²) in [5.74, 6) is -0.147. The summed E-state index contributed by atoms with van der Waals surface area (Å²) in [5.41, 5.74) is 1.22. The van der Waals surface area contributed by atoms with Gasteiger partial charge in [-0.25, -0.2) is 0 Å². The summed E-state index contributed by atoms with van der Waals surface area (Å²) >= 11 is 2.59. The Kier molecular flexibility index (Phi) is 5.77. The molecule has 0 fully saturated rings. The Hall–Kier alpha value is -2.98. The van der Waals surface area contributed by atoms with Gasteiger partial charge < -0.3 is 10.6 Å². The highest BCUT2D eigenvalue weighted by molar-refractivity contribution is 8.01. The third-order valence-electron chi connectivity index (χ3n) is 3.10. The lowest BCUT2D eigenvalue weighted by atomic mass is 10.3. The van der Waals surface area contributed by atoms with Crippen LogP contribution < -0.4 is 10.6 Å². The SMILES string of the molecule is O=C(CSc1nnc(Nc2ccccc2)s1)Nc1cccc([N+](=O)[O-])c1. The van der Waals surface area contributed by atoms with Gasteiger partial charge in [0.2, 0.25) is 11.0 Å². The van der Waals surface area contributed by atoms with Crippen LogP contribution in [0.4, 0.5) is 22.2 Å². The van der Waals surface area contributed by atoms with Crippen LogP contribution in [0.15, 0.2) is 58.9 Å². The van der Waals surface area contributed by atoms with Crippen LogP contribution in [0.1, 0.15) is 0 Å². The standard InChI is InChI=1S/C16H13N5O3S2/c22-14(17-12-7-4-8-13(9-12)21(23)24)10-25-16-20-19-15(26-16)18-11-5-2-1-3-6-11/h1-9H,10H2,(H,17,22)(H,18,19). The fourth-order valence-corrected chi connectivity index (χ4v) is 3.56. The second-order valence-electron chi connectivity index (χ2n) is 5.01. The molecule has 1 aromatic heterocycles. The molecule has 1 heterocycles. The fourth-order valence-electron chi connectivity index (χ4n) is 1.99. The molecule has 0 aliphatic heterocycles. The summed E-state index contributed by atoms with van der Waals surface area (Å²) in [6.45, 7) is 0. The van der Waals surface area contributed by atoms with Gasteiger partial charge in [-0.1, -0.05) is 47.4 Å². The summed E-state index contributed by atoms with van der Waals surface area (Å²) in [4.78, 5) is 22.2. The largest absolute Gasteiger partial charge is 0.330 e. The van der Waals surface area contributed by atoms with Crippen molar-refractivity contribution in [3.63, 3.8) is 0 Å². The van der Waals surface area contributed by atoms with E-state index in [1.807, 2.05) is 30.3 Å². The number of amides is 1. The highest BCUT2D eigenvalue weighted by Crippen LogP contribution is 2.27. The molecule has 0 aliphatic rings. The number of nitro groups is 1. The molecule has 3 aromatic rings. The second kappa shape index (κ2) is 8.41. The molecule has 0 saturated heterocycles. The average molecular weight is 387 g/mol. The maximum absolute atomic E-state index is 12.0. The van der Waals surface area contributed by atoms with Crippen LogP contribution in [0.25, 0.3) is 0 Å². The number of nitrogens with one attached hydrogen (secondary N) is 2. The number of aromatic nitrogens is 2. The van der Waals surface area contributed by atoms with Gasteiger partial charge in [-0.15, -0.1) is 10.2 Å². The molecule has 1 amide bonds. The Morgan fingerprint density at radius 1 is 1.12 bits per heavy atom. The number of nitrogens with zero attached hydrogens (tertiary/aromatic N) is 3. The molecule has 0 aliphatic carbocycles. The van der Waals surface area contributed by atoms with Crippen molar-refractivity contribution in [1.82, 2.24) is 10.2 Å². The third kappa shape index (κ3) is 5.01. The zero-order valence-electron chi connectivity index (χ0n) is 13.3. The number of anilines is 3. The van der Waals surface area contributed by atoms with Crippen molar-refractivity contribution in [2.75, 3.05) is 16.4 Å². The fraction of sp³-hybridized carbons (Fsp3) is 0.0625. The molecule has 132 valence electrons. The van der Waals surface area contributed by atoms with Gasteiger partial charge in [0.15, 0.2) is 4.34 Å². The molecule has 2 N–H and O–H groups in total. The highest BCUT2D eigenvalue weighted by Gasteiger charge is 2.11. The van der Waals surface area contributed by atoms with E-state index in [0.29, 0.717) is 15.2 Å². The highest BCUT2D eigenvalue weighted by atomic mass is 32.2. The number of rotatable bonds is 7. The van der Waals surface area contributed by atoms with Gasteiger partial charge >= 0.3 is 0 Å². The first-order valence-electron chi connectivity index (χ1n) is 7.43. The Balaban J connectivity index is 1.52. The molecule has 0 unspecified atom stereocenters. The van der Waals surface area contributed by atoms with E-state index >= 15 is 0 Å². The normalized spacial score (nSPS) is 10.3. The van der Waals surface area contributed by atoms with Gasteiger partial charge in [0.05, 0.1) is 10.7 Å². The Morgan fingerprint density at radius 2 is 1.88 bits per heavy atom. The lowest BCUT2D eigenvalue weighted by molar-refractivity contribution is -0.384. The maximum Gasteiger partial charge on any atom is 0.271 e. The van der Waals surface area contributed by atoms with Crippen molar-refractivity contribution in [3.05, 3.63) is 64.7 Å². The number of thioether (sulfide) groups is 1. The van der Waals surface area contributed by atoms with Crippen LogP contribution >= 0.6 is 23.1 Å². The summed E-state index contributed by atoms with van der Waals surface area (Å²) in [5, 5.41) is 25.2. The van der Waals surface area contributed by atoms with Crippen LogP contribution in [-0.2, 0) is 4.79 Å². The average Bonchev–Trinajstić information content (AvgIpc) is 3.08. The lowest BCUT2D eigenvalue weighted by Crippen LogP contribution is -2.14. The van der Waals surface area contributed by atoms with Gasteiger partial charge in [-0.2, -0.15) is 0 Å². The van der Waals surface area contributed by atoms with E-state index in [1.54, 1.807) is 6.07 Å². The van der Waals surface area contributed by atoms with E-state index in [0.717, 1.165) is 5.69 Å². The molecule has 2 aromatic carbocycles. The molecule has 10 heteroatoms. The molecular weight excluding hydrogens is 374 g/mol. The molecule has 0 saturated carbocycles. The molecule has 8 nitrogen and oxygen atoms in total. The van der Waals surface area contributed by atoms with Crippen molar-refractivity contribution in [2.45, 2.75) is 4.34 Å². The van der Waals surface area contributed by atoms with Crippen molar-refractivity contribution in [3.8, 4) is 0 Å². The molecule has 0 bridgehead atoms. The molecule has 0 atom stereocenters. The van der Waals surface area contributed by atoms with E-state index in [1.165, 1.54) is 41.3 Å². The van der Waals surface area contributed by atoms with E-state index in [-0.39, 0.29) is 17.3 Å².